The van der Waals surface area contributed by atoms with E-state index in [1.54, 1.807) is 16.8 Å². The Labute approximate surface area is 145 Å². The normalized spacial score (nSPS) is 17.4. The number of hydrogen-bond donors (Lipinski definition) is 1. The topological polar surface area (TPSA) is 93.3 Å². The molecule has 0 radical (unpaired) electrons. The Balaban J connectivity index is 1.77. The number of nitro groups is 1. The molecular formula is C17H21N5O3. The number of nitrogens with zero attached hydrogens (tertiary/aromatic N) is 4. The zero-order valence-electron chi connectivity index (χ0n) is 14.3. The minimum Gasteiger partial charge on any atom is -0.375 e. The van der Waals surface area contributed by atoms with Crippen molar-refractivity contribution in [2.24, 2.45) is 7.05 Å². The largest absolute Gasteiger partial charge is 0.375 e. The Morgan fingerprint density at radius 2 is 2.24 bits per heavy atom. The summed E-state index contributed by atoms with van der Waals surface area (Å²) in [5.74, 6) is -0.185. The average Bonchev–Trinajstić information content (AvgIpc) is 3.01. The van der Waals surface area contributed by atoms with Crippen molar-refractivity contribution in [2.75, 3.05) is 23.3 Å². The summed E-state index contributed by atoms with van der Waals surface area (Å²) in [7, 11) is 1.88. The number of aryl methyl sites for hydroxylation is 1. The molecule has 8 nitrogen and oxygen atoms in total. The lowest BCUT2D eigenvalue weighted by atomic mass is 10.0. The van der Waals surface area contributed by atoms with Crippen LogP contribution in [0, 0.1) is 10.1 Å². The maximum absolute atomic E-state index is 11.5. The SMILES string of the molecule is CC(=O)c1ccc(NC2CCCN(c3cnn(C)c3)C2)c([N+](=O)[O-])c1. The molecule has 1 atom stereocenters. The Hall–Kier alpha value is -2.90. The number of benzene rings is 1. The number of Topliss-reactive ketones (excluding diaryl/α,β-unsaturated/α-hetero) is 1. The smallest absolute Gasteiger partial charge is 0.293 e. The second-order valence-electron chi connectivity index (χ2n) is 6.35. The van der Waals surface area contributed by atoms with Gasteiger partial charge in [0.25, 0.3) is 5.69 Å². The fraction of sp³-hybridized carbons (Fsp3) is 0.412. The predicted octanol–water partition coefficient (Wildman–Crippen LogP) is 2.61. The van der Waals surface area contributed by atoms with E-state index in [-0.39, 0.29) is 17.5 Å². The van der Waals surface area contributed by atoms with Crippen molar-refractivity contribution in [1.82, 2.24) is 9.78 Å². The second kappa shape index (κ2) is 6.92. The van der Waals surface area contributed by atoms with E-state index in [2.05, 4.69) is 15.3 Å². The van der Waals surface area contributed by atoms with Gasteiger partial charge in [-0.15, -0.1) is 0 Å². The van der Waals surface area contributed by atoms with Gasteiger partial charge in [0.1, 0.15) is 5.69 Å². The molecule has 1 aliphatic heterocycles. The van der Waals surface area contributed by atoms with Gasteiger partial charge in [0.15, 0.2) is 5.78 Å². The van der Waals surface area contributed by atoms with Crippen LogP contribution in [-0.2, 0) is 7.05 Å². The molecule has 8 heteroatoms. The lowest BCUT2D eigenvalue weighted by molar-refractivity contribution is -0.384. The van der Waals surface area contributed by atoms with Crippen molar-refractivity contribution >= 4 is 22.8 Å². The zero-order chi connectivity index (χ0) is 18.0. The van der Waals surface area contributed by atoms with E-state index in [0.29, 0.717) is 11.3 Å². The first kappa shape index (κ1) is 16.9. The predicted molar refractivity (Wildman–Crippen MR) is 95.2 cm³/mol. The number of carbonyl (C=O) groups excluding carboxylic acids is 1. The van der Waals surface area contributed by atoms with E-state index in [1.165, 1.54) is 13.0 Å². The number of hydrogen-bond acceptors (Lipinski definition) is 6. The van der Waals surface area contributed by atoms with E-state index in [9.17, 15) is 14.9 Å². The molecule has 0 spiro atoms. The average molecular weight is 343 g/mol. The van der Waals surface area contributed by atoms with Gasteiger partial charge in [-0.1, -0.05) is 0 Å². The van der Waals surface area contributed by atoms with Gasteiger partial charge in [-0.05, 0) is 31.9 Å². The van der Waals surface area contributed by atoms with Crippen LogP contribution in [0.15, 0.2) is 30.6 Å². The fourth-order valence-corrected chi connectivity index (χ4v) is 3.14. The highest BCUT2D eigenvalue weighted by Crippen LogP contribution is 2.28. The van der Waals surface area contributed by atoms with E-state index in [4.69, 9.17) is 0 Å². The molecule has 1 aliphatic rings. The Kier molecular flexibility index (Phi) is 4.69. The van der Waals surface area contributed by atoms with Crippen LogP contribution in [0.25, 0.3) is 0 Å². The Bertz CT molecular complexity index is 801. The number of carbonyl (C=O) groups is 1. The van der Waals surface area contributed by atoms with Crippen molar-refractivity contribution in [3.63, 3.8) is 0 Å². The number of nitrogens with one attached hydrogen (secondary N) is 1. The third-order valence-corrected chi connectivity index (χ3v) is 4.44. The summed E-state index contributed by atoms with van der Waals surface area (Å²) in [4.78, 5) is 24.6. The van der Waals surface area contributed by atoms with Gasteiger partial charge in [0.2, 0.25) is 0 Å². The van der Waals surface area contributed by atoms with E-state index in [1.807, 2.05) is 19.4 Å². The molecule has 2 heterocycles. The van der Waals surface area contributed by atoms with E-state index >= 15 is 0 Å². The Morgan fingerprint density at radius 3 is 2.88 bits per heavy atom. The molecule has 0 saturated carbocycles. The number of rotatable bonds is 5. The summed E-state index contributed by atoms with van der Waals surface area (Å²) >= 11 is 0. The minimum atomic E-state index is -0.448. The lowest BCUT2D eigenvalue weighted by Crippen LogP contribution is -2.42. The quantitative estimate of drug-likeness (QED) is 0.509. The zero-order valence-corrected chi connectivity index (χ0v) is 14.3. The molecule has 2 aromatic rings. The number of aromatic nitrogens is 2. The number of piperidine rings is 1. The summed E-state index contributed by atoms with van der Waals surface area (Å²) in [6.45, 7) is 3.09. The molecule has 1 aromatic carbocycles. The van der Waals surface area contributed by atoms with Crippen molar-refractivity contribution in [2.45, 2.75) is 25.8 Å². The highest BCUT2D eigenvalue weighted by atomic mass is 16.6. The first-order valence-corrected chi connectivity index (χ1v) is 8.23. The summed E-state index contributed by atoms with van der Waals surface area (Å²) in [6.07, 6.45) is 5.72. The molecule has 0 aliphatic carbocycles. The second-order valence-corrected chi connectivity index (χ2v) is 6.35. The number of nitro benzene ring substituents is 1. The van der Waals surface area contributed by atoms with Gasteiger partial charge >= 0.3 is 0 Å². The maximum atomic E-state index is 11.5. The summed E-state index contributed by atoms with van der Waals surface area (Å²) in [6, 6.07) is 4.68. The highest BCUT2D eigenvalue weighted by Gasteiger charge is 2.24. The van der Waals surface area contributed by atoms with Crippen LogP contribution in [-0.4, -0.2) is 39.6 Å². The lowest BCUT2D eigenvalue weighted by Gasteiger charge is -2.34. The maximum Gasteiger partial charge on any atom is 0.293 e. The molecule has 1 fully saturated rings. The molecule has 0 amide bonds. The molecule has 25 heavy (non-hydrogen) atoms. The van der Waals surface area contributed by atoms with Gasteiger partial charge in [0.05, 0.1) is 16.8 Å². The van der Waals surface area contributed by atoms with Crippen LogP contribution in [0.3, 0.4) is 0 Å². The monoisotopic (exact) mass is 343 g/mol. The van der Waals surface area contributed by atoms with Gasteiger partial charge < -0.3 is 10.2 Å². The summed E-state index contributed by atoms with van der Waals surface area (Å²) in [5.41, 5.74) is 1.78. The third-order valence-electron chi connectivity index (χ3n) is 4.44. The van der Waals surface area contributed by atoms with Crippen molar-refractivity contribution < 1.29 is 9.72 Å². The van der Waals surface area contributed by atoms with Crippen LogP contribution in [0.1, 0.15) is 30.1 Å². The van der Waals surface area contributed by atoms with E-state index in [0.717, 1.165) is 31.6 Å². The van der Waals surface area contributed by atoms with Crippen LogP contribution in [0.4, 0.5) is 17.1 Å². The first-order valence-electron chi connectivity index (χ1n) is 8.23. The van der Waals surface area contributed by atoms with Crippen molar-refractivity contribution in [1.29, 1.82) is 0 Å². The summed E-state index contributed by atoms with van der Waals surface area (Å²) in [5, 5.41) is 18.8. The molecule has 1 saturated heterocycles. The van der Waals surface area contributed by atoms with Crippen molar-refractivity contribution in [3.8, 4) is 0 Å². The minimum absolute atomic E-state index is 0.0637. The van der Waals surface area contributed by atoms with Gasteiger partial charge in [-0.2, -0.15) is 5.10 Å². The molecule has 1 N–H and O–H groups in total. The molecule has 0 bridgehead atoms. The number of anilines is 2. The molecule has 1 aromatic heterocycles. The van der Waals surface area contributed by atoms with Gasteiger partial charge in [-0.3, -0.25) is 19.6 Å². The van der Waals surface area contributed by atoms with Crippen LogP contribution in [0.2, 0.25) is 0 Å². The fourth-order valence-electron chi connectivity index (χ4n) is 3.14. The van der Waals surface area contributed by atoms with Crippen LogP contribution in [0.5, 0.6) is 0 Å². The molecular weight excluding hydrogens is 322 g/mol. The standard InChI is InChI=1S/C17H21N5O3/c1-12(23)13-5-6-16(17(8-13)22(24)25)19-14-4-3-7-21(10-14)15-9-18-20(2)11-15/h5-6,8-9,11,14,19H,3-4,7,10H2,1-2H3. The van der Waals surface area contributed by atoms with E-state index < -0.39 is 4.92 Å². The number of ketones is 1. The van der Waals surface area contributed by atoms with Crippen LogP contribution < -0.4 is 10.2 Å². The molecule has 3 rings (SSSR count). The van der Waals surface area contributed by atoms with Crippen LogP contribution >= 0.6 is 0 Å². The van der Waals surface area contributed by atoms with Gasteiger partial charge in [0, 0.05) is 44.0 Å². The first-order chi connectivity index (χ1) is 11.9. The van der Waals surface area contributed by atoms with Crippen molar-refractivity contribution in [3.05, 3.63) is 46.3 Å². The highest BCUT2D eigenvalue weighted by molar-refractivity contribution is 5.95. The third kappa shape index (κ3) is 3.78. The van der Waals surface area contributed by atoms with Gasteiger partial charge in [-0.25, -0.2) is 0 Å². The molecule has 132 valence electrons. The Morgan fingerprint density at radius 1 is 1.44 bits per heavy atom. The summed E-state index contributed by atoms with van der Waals surface area (Å²) < 4.78 is 1.76. The molecule has 1 unspecified atom stereocenters.